The molecule has 80 valence electrons. The van der Waals surface area contributed by atoms with Gasteiger partial charge in [-0.25, -0.2) is 0 Å². The van der Waals surface area contributed by atoms with E-state index in [0.717, 1.165) is 22.6 Å². The lowest BCUT2D eigenvalue weighted by molar-refractivity contribution is 1.21. The maximum atomic E-state index is 5.59. The third-order valence-electron chi connectivity index (χ3n) is 2.28. The highest BCUT2D eigenvalue weighted by molar-refractivity contribution is 5.49. The molecular formula is C13H13N3. The summed E-state index contributed by atoms with van der Waals surface area (Å²) in [4.78, 5) is 0. The predicted octanol–water partition coefficient (Wildman–Crippen LogP) is 3.99. The molecule has 0 fully saturated rings. The summed E-state index contributed by atoms with van der Waals surface area (Å²) < 4.78 is 0. The van der Waals surface area contributed by atoms with Gasteiger partial charge in [0.15, 0.2) is 0 Å². The van der Waals surface area contributed by atoms with Gasteiger partial charge in [0.05, 0.1) is 11.4 Å². The van der Waals surface area contributed by atoms with E-state index in [1.165, 1.54) is 0 Å². The number of azo groups is 1. The Bertz CT molecular complexity index is 501. The van der Waals surface area contributed by atoms with Crippen molar-refractivity contribution in [3.63, 3.8) is 0 Å². The van der Waals surface area contributed by atoms with Crippen LogP contribution in [0.1, 0.15) is 5.56 Å². The van der Waals surface area contributed by atoms with Crippen LogP contribution in [-0.2, 0) is 0 Å². The second-order valence-corrected chi connectivity index (χ2v) is 3.58. The van der Waals surface area contributed by atoms with Crippen LogP contribution in [0.3, 0.4) is 0 Å². The van der Waals surface area contributed by atoms with Crippen LogP contribution >= 0.6 is 0 Å². The zero-order chi connectivity index (χ0) is 11.4. The number of aryl methyl sites for hydroxylation is 1. The fourth-order valence-corrected chi connectivity index (χ4v) is 1.33. The number of nitrogens with two attached hydrogens (primary N) is 1. The Morgan fingerprint density at radius 1 is 0.875 bits per heavy atom. The number of hydrogen-bond acceptors (Lipinski definition) is 3. The first-order chi connectivity index (χ1) is 7.75. The van der Waals surface area contributed by atoms with E-state index >= 15 is 0 Å². The van der Waals surface area contributed by atoms with Gasteiger partial charge in [-0.15, -0.1) is 0 Å². The molecule has 0 aliphatic carbocycles. The molecule has 3 heteroatoms. The van der Waals surface area contributed by atoms with Crippen molar-refractivity contribution >= 4 is 17.1 Å². The average Bonchev–Trinajstić information content (AvgIpc) is 2.30. The monoisotopic (exact) mass is 211 g/mol. The highest BCUT2D eigenvalue weighted by atomic mass is 15.1. The smallest absolute Gasteiger partial charge is 0.0886 e. The molecule has 0 saturated heterocycles. The second-order valence-electron chi connectivity index (χ2n) is 3.58. The molecule has 2 rings (SSSR count). The number of nitrogens with zero attached hydrogens (tertiary/aromatic N) is 2. The third-order valence-corrected chi connectivity index (χ3v) is 2.28. The lowest BCUT2D eigenvalue weighted by atomic mass is 10.2. The van der Waals surface area contributed by atoms with Crippen LogP contribution in [0.15, 0.2) is 58.8 Å². The largest absolute Gasteiger partial charge is 0.399 e. The zero-order valence-corrected chi connectivity index (χ0v) is 9.09. The normalized spacial score (nSPS) is 10.8. The first-order valence-electron chi connectivity index (χ1n) is 5.08. The SMILES string of the molecule is Cc1ccccc1N=Nc1ccc(N)cc1. The van der Waals surface area contributed by atoms with E-state index < -0.39 is 0 Å². The average molecular weight is 211 g/mol. The lowest BCUT2D eigenvalue weighted by Gasteiger charge is -1.97. The second kappa shape index (κ2) is 4.57. The summed E-state index contributed by atoms with van der Waals surface area (Å²) in [6.45, 7) is 2.01. The van der Waals surface area contributed by atoms with E-state index in [1.54, 1.807) is 0 Å². The van der Waals surface area contributed by atoms with Crippen molar-refractivity contribution in [1.29, 1.82) is 0 Å². The number of benzene rings is 2. The molecule has 0 spiro atoms. The molecule has 0 aliphatic heterocycles. The Hall–Kier alpha value is -2.16. The Kier molecular flexibility index (Phi) is 2.96. The number of nitrogen functional groups attached to an aromatic ring is 1. The van der Waals surface area contributed by atoms with Crippen LogP contribution in [0.5, 0.6) is 0 Å². The summed E-state index contributed by atoms with van der Waals surface area (Å²) in [6, 6.07) is 15.2. The van der Waals surface area contributed by atoms with Crippen LogP contribution in [0.4, 0.5) is 17.1 Å². The van der Waals surface area contributed by atoms with Gasteiger partial charge in [0.1, 0.15) is 0 Å². The summed E-state index contributed by atoms with van der Waals surface area (Å²) in [6.07, 6.45) is 0. The predicted molar refractivity (Wildman–Crippen MR) is 66.2 cm³/mol. The molecule has 0 amide bonds. The van der Waals surface area contributed by atoms with Gasteiger partial charge in [-0.05, 0) is 42.8 Å². The van der Waals surface area contributed by atoms with Crippen LogP contribution in [0.2, 0.25) is 0 Å². The van der Waals surface area contributed by atoms with Crippen LogP contribution in [-0.4, -0.2) is 0 Å². The summed E-state index contributed by atoms with van der Waals surface area (Å²) in [7, 11) is 0. The van der Waals surface area contributed by atoms with Gasteiger partial charge >= 0.3 is 0 Å². The molecule has 0 aliphatic rings. The highest BCUT2D eigenvalue weighted by Crippen LogP contribution is 2.21. The Morgan fingerprint density at radius 2 is 1.56 bits per heavy atom. The molecule has 2 aromatic rings. The minimum Gasteiger partial charge on any atom is -0.399 e. The Balaban J connectivity index is 2.21. The minimum absolute atomic E-state index is 0.731. The van der Waals surface area contributed by atoms with Crippen molar-refractivity contribution in [2.24, 2.45) is 10.2 Å². The molecule has 0 atom stereocenters. The molecule has 3 nitrogen and oxygen atoms in total. The van der Waals surface area contributed by atoms with Crippen molar-refractivity contribution in [3.8, 4) is 0 Å². The summed E-state index contributed by atoms with van der Waals surface area (Å²) >= 11 is 0. The molecular weight excluding hydrogens is 198 g/mol. The Labute approximate surface area is 94.6 Å². The molecule has 0 radical (unpaired) electrons. The molecule has 0 bridgehead atoms. The van der Waals surface area contributed by atoms with Crippen LogP contribution in [0.25, 0.3) is 0 Å². The van der Waals surface area contributed by atoms with Crippen LogP contribution < -0.4 is 5.73 Å². The zero-order valence-electron chi connectivity index (χ0n) is 9.09. The topological polar surface area (TPSA) is 50.7 Å². The van der Waals surface area contributed by atoms with Gasteiger partial charge in [-0.2, -0.15) is 10.2 Å². The third kappa shape index (κ3) is 2.45. The van der Waals surface area contributed by atoms with Crippen molar-refractivity contribution in [2.45, 2.75) is 6.92 Å². The Morgan fingerprint density at radius 3 is 2.25 bits per heavy atom. The fraction of sp³-hybridized carbons (Fsp3) is 0.0769. The molecule has 0 heterocycles. The van der Waals surface area contributed by atoms with Crippen LogP contribution in [0, 0.1) is 6.92 Å². The standard InChI is InChI=1S/C13H13N3/c1-10-4-2-3-5-13(10)16-15-12-8-6-11(14)7-9-12/h2-9H,14H2,1H3. The first-order valence-corrected chi connectivity index (χ1v) is 5.08. The quantitative estimate of drug-likeness (QED) is 0.592. The van der Waals surface area contributed by atoms with E-state index in [0.29, 0.717) is 0 Å². The maximum Gasteiger partial charge on any atom is 0.0886 e. The molecule has 0 unspecified atom stereocenters. The van der Waals surface area contributed by atoms with E-state index in [-0.39, 0.29) is 0 Å². The first kappa shape index (κ1) is 10.4. The van der Waals surface area contributed by atoms with Crippen molar-refractivity contribution in [2.75, 3.05) is 5.73 Å². The van der Waals surface area contributed by atoms with E-state index in [4.69, 9.17) is 5.73 Å². The molecule has 16 heavy (non-hydrogen) atoms. The number of rotatable bonds is 2. The van der Waals surface area contributed by atoms with Gasteiger partial charge in [0.25, 0.3) is 0 Å². The minimum atomic E-state index is 0.731. The van der Waals surface area contributed by atoms with E-state index in [2.05, 4.69) is 10.2 Å². The van der Waals surface area contributed by atoms with E-state index in [9.17, 15) is 0 Å². The highest BCUT2D eigenvalue weighted by Gasteiger charge is 1.93. The van der Waals surface area contributed by atoms with Gasteiger partial charge in [-0.3, -0.25) is 0 Å². The van der Waals surface area contributed by atoms with Crippen molar-refractivity contribution < 1.29 is 0 Å². The van der Waals surface area contributed by atoms with Gasteiger partial charge in [0.2, 0.25) is 0 Å². The molecule has 0 aromatic heterocycles. The van der Waals surface area contributed by atoms with Gasteiger partial charge < -0.3 is 5.73 Å². The summed E-state index contributed by atoms with van der Waals surface area (Å²) in [5.41, 5.74) is 9.12. The van der Waals surface area contributed by atoms with Crippen molar-refractivity contribution in [3.05, 3.63) is 54.1 Å². The summed E-state index contributed by atoms with van der Waals surface area (Å²) in [5.74, 6) is 0. The molecule has 2 aromatic carbocycles. The number of anilines is 1. The number of hydrogen-bond donors (Lipinski definition) is 1. The van der Waals surface area contributed by atoms with E-state index in [1.807, 2.05) is 55.5 Å². The lowest BCUT2D eigenvalue weighted by Crippen LogP contribution is -1.80. The summed E-state index contributed by atoms with van der Waals surface area (Å²) in [5, 5.41) is 8.34. The fourth-order valence-electron chi connectivity index (χ4n) is 1.33. The molecule has 2 N–H and O–H groups in total. The van der Waals surface area contributed by atoms with Crippen molar-refractivity contribution in [1.82, 2.24) is 0 Å². The molecule has 0 saturated carbocycles. The van der Waals surface area contributed by atoms with Gasteiger partial charge in [-0.1, -0.05) is 18.2 Å². The maximum absolute atomic E-state index is 5.59. The van der Waals surface area contributed by atoms with Gasteiger partial charge in [0, 0.05) is 5.69 Å².